The average Bonchev–Trinajstić information content (AvgIpc) is 2.59. The second kappa shape index (κ2) is 11.1. The predicted octanol–water partition coefficient (Wildman–Crippen LogP) is 5.45. The molecular weight excluding hydrogens is 419 g/mol. The van der Waals surface area contributed by atoms with Gasteiger partial charge in [0.05, 0.1) is 17.7 Å². The van der Waals surface area contributed by atoms with Gasteiger partial charge in [-0.1, -0.05) is 29.3 Å². The van der Waals surface area contributed by atoms with E-state index in [1.54, 1.807) is 18.2 Å². The summed E-state index contributed by atoms with van der Waals surface area (Å²) in [6, 6.07) is 12.4. The first-order chi connectivity index (χ1) is 13.3. The van der Waals surface area contributed by atoms with Crippen molar-refractivity contribution in [3.8, 4) is 11.5 Å². The lowest BCUT2D eigenvalue weighted by Gasteiger charge is -2.13. The smallest absolute Gasteiger partial charge is 0.226 e. The number of hydrogen-bond donors (Lipinski definition) is 2. The van der Waals surface area contributed by atoms with Crippen molar-refractivity contribution < 1.29 is 14.3 Å². The zero-order chi connectivity index (χ0) is 20.5. The monoisotopic (exact) mass is 440 g/mol. The van der Waals surface area contributed by atoms with Crippen molar-refractivity contribution in [2.24, 2.45) is 0 Å². The molecule has 0 aliphatic heterocycles. The fourth-order valence-corrected chi connectivity index (χ4v) is 2.97. The summed E-state index contributed by atoms with van der Waals surface area (Å²) in [4.78, 5) is 12.0. The number of nitrogens with one attached hydrogen (secondary N) is 2. The van der Waals surface area contributed by atoms with E-state index in [0.29, 0.717) is 28.8 Å². The van der Waals surface area contributed by atoms with Crippen LogP contribution in [0.4, 0.5) is 5.69 Å². The summed E-state index contributed by atoms with van der Waals surface area (Å²) in [6.45, 7) is 4.26. The molecule has 8 heteroatoms. The van der Waals surface area contributed by atoms with Crippen LogP contribution in [0.1, 0.15) is 26.7 Å². The first kappa shape index (κ1) is 22.3. The number of carbonyl (C=O) groups excluding carboxylic acids is 1. The van der Waals surface area contributed by atoms with Crippen LogP contribution in [0, 0.1) is 0 Å². The van der Waals surface area contributed by atoms with Crippen LogP contribution in [0.25, 0.3) is 0 Å². The Balaban J connectivity index is 1.71. The highest BCUT2D eigenvalue weighted by molar-refractivity contribution is 7.80. The van der Waals surface area contributed by atoms with Crippen LogP contribution in [0.3, 0.4) is 0 Å². The van der Waals surface area contributed by atoms with Gasteiger partial charge in [-0.05, 0) is 62.8 Å². The van der Waals surface area contributed by atoms with Crippen LogP contribution in [0.5, 0.6) is 11.5 Å². The minimum atomic E-state index is -0.196. The van der Waals surface area contributed by atoms with Crippen LogP contribution in [-0.4, -0.2) is 23.7 Å². The van der Waals surface area contributed by atoms with E-state index < -0.39 is 0 Å². The maximum atomic E-state index is 12.0. The number of benzene rings is 2. The van der Waals surface area contributed by atoms with E-state index >= 15 is 0 Å². The predicted molar refractivity (Wildman–Crippen MR) is 118 cm³/mol. The van der Waals surface area contributed by atoms with Crippen LogP contribution < -0.4 is 20.1 Å². The molecule has 2 N–H and O–H groups in total. The highest BCUT2D eigenvalue weighted by Gasteiger charge is 2.07. The number of halogens is 2. The van der Waals surface area contributed by atoms with E-state index in [1.165, 1.54) is 0 Å². The lowest BCUT2D eigenvalue weighted by molar-refractivity contribution is -0.119. The SMILES string of the molecule is CC(C)Oc1cccc(NC(=S)NC(=O)CCCOc2ccc(Cl)cc2Cl)c1. The molecule has 0 radical (unpaired) electrons. The molecule has 0 aliphatic carbocycles. The Labute approximate surface area is 180 Å². The first-order valence-corrected chi connectivity index (χ1v) is 9.95. The second-order valence-electron chi connectivity index (χ2n) is 6.22. The van der Waals surface area contributed by atoms with E-state index in [1.807, 2.05) is 38.1 Å². The lowest BCUT2D eigenvalue weighted by atomic mass is 10.3. The topological polar surface area (TPSA) is 59.6 Å². The number of rotatable bonds is 8. The summed E-state index contributed by atoms with van der Waals surface area (Å²) in [5, 5.41) is 6.83. The van der Waals surface area contributed by atoms with Crippen molar-refractivity contribution in [3.05, 3.63) is 52.5 Å². The van der Waals surface area contributed by atoms with Gasteiger partial charge >= 0.3 is 0 Å². The molecule has 0 heterocycles. The molecule has 2 aromatic carbocycles. The Morgan fingerprint density at radius 1 is 1.18 bits per heavy atom. The van der Waals surface area contributed by atoms with Gasteiger partial charge in [0, 0.05) is 23.2 Å². The highest BCUT2D eigenvalue weighted by atomic mass is 35.5. The molecule has 0 spiro atoms. The van der Waals surface area contributed by atoms with E-state index in [0.717, 1.165) is 11.4 Å². The van der Waals surface area contributed by atoms with Crippen molar-refractivity contribution >= 4 is 52.1 Å². The van der Waals surface area contributed by atoms with Gasteiger partial charge < -0.3 is 20.1 Å². The van der Waals surface area contributed by atoms with Gasteiger partial charge in [-0.3, -0.25) is 4.79 Å². The van der Waals surface area contributed by atoms with Crippen molar-refractivity contribution in [3.63, 3.8) is 0 Å². The fourth-order valence-electron chi connectivity index (χ4n) is 2.28. The van der Waals surface area contributed by atoms with Crippen LogP contribution in [-0.2, 0) is 4.79 Å². The molecule has 0 atom stereocenters. The largest absolute Gasteiger partial charge is 0.492 e. The third-order valence-corrected chi connectivity index (χ3v) is 4.15. The van der Waals surface area contributed by atoms with E-state index in [-0.39, 0.29) is 23.5 Å². The quantitative estimate of drug-likeness (QED) is 0.421. The number of amides is 1. The Kier molecular flexibility index (Phi) is 8.83. The average molecular weight is 441 g/mol. The van der Waals surface area contributed by atoms with Crippen LogP contribution in [0.2, 0.25) is 10.0 Å². The Morgan fingerprint density at radius 3 is 2.68 bits per heavy atom. The molecule has 0 saturated carbocycles. The van der Waals surface area contributed by atoms with Gasteiger partial charge in [0.2, 0.25) is 5.91 Å². The Bertz CT molecular complexity index is 831. The van der Waals surface area contributed by atoms with E-state index in [2.05, 4.69) is 10.6 Å². The van der Waals surface area contributed by atoms with Gasteiger partial charge in [0.15, 0.2) is 5.11 Å². The molecule has 5 nitrogen and oxygen atoms in total. The van der Waals surface area contributed by atoms with E-state index in [4.69, 9.17) is 44.9 Å². The van der Waals surface area contributed by atoms with Crippen LogP contribution >= 0.6 is 35.4 Å². The Hall–Kier alpha value is -2.02. The molecule has 150 valence electrons. The van der Waals surface area contributed by atoms with Crippen molar-refractivity contribution in [2.45, 2.75) is 32.8 Å². The number of ether oxygens (including phenoxy) is 2. The number of anilines is 1. The first-order valence-electron chi connectivity index (χ1n) is 8.79. The normalized spacial score (nSPS) is 10.5. The molecule has 2 aromatic rings. The van der Waals surface area contributed by atoms with Gasteiger partial charge in [-0.25, -0.2) is 0 Å². The molecule has 28 heavy (non-hydrogen) atoms. The number of hydrogen-bond acceptors (Lipinski definition) is 4. The second-order valence-corrected chi connectivity index (χ2v) is 7.48. The van der Waals surface area contributed by atoms with E-state index in [9.17, 15) is 4.79 Å². The third kappa shape index (κ3) is 7.92. The van der Waals surface area contributed by atoms with Crippen LogP contribution in [0.15, 0.2) is 42.5 Å². The van der Waals surface area contributed by atoms with Gasteiger partial charge in [0.1, 0.15) is 11.5 Å². The molecule has 0 saturated heterocycles. The van der Waals surface area contributed by atoms with Crippen molar-refractivity contribution in [1.82, 2.24) is 5.32 Å². The third-order valence-electron chi connectivity index (χ3n) is 3.42. The summed E-state index contributed by atoms with van der Waals surface area (Å²) in [6.07, 6.45) is 0.862. The maximum Gasteiger partial charge on any atom is 0.226 e. The van der Waals surface area contributed by atoms with Gasteiger partial charge in [0.25, 0.3) is 0 Å². The standard InChI is InChI=1S/C20H22Cl2N2O3S/c1-13(2)27-16-6-3-5-15(12-16)23-20(28)24-19(25)7-4-10-26-18-9-8-14(21)11-17(18)22/h3,5-6,8-9,11-13H,4,7,10H2,1-2H3,(H2,23,24,25,28). The summed E-state index contributed by atoms with van der Waals surface area (Å²) in [5.74, 6) is 1.07. The summed E-state index contributed by atoms with van der Waals surface area (Å²) < 4.78 is 11.2. The number of carbonyl (C=O) groups is 1. The minimum absolute atomic E-state index is 0.0758. The lowest BCUT2D eigenvalue weighted by Crippen LogP contribution is -2.34. The molecule has 0 fully saturated rings. The summed E-state index contributed by atoms with van der Waals surface area (Å²) in [5.41, 5.74) is 0.740. The molecular formula is C20H22Cl2N2O3S. The maximum absolute atomic E-state index is 12.0. The molecule has 0 unspecified atom stereocenters. The fraction of sp³-hybridized carbons (Fsp3) is 0.300. The van der Waals surface area contributed by atoms with Gasteiger partial charge in [-0.2, -0.15) is 0 Å². The molecule has 0 aliphatic rings. The molecule has 2 rings (SSSR count). The number of thiocarbonyl (C=S) groups is 1. The molecule has 1 amide bonds. The van der Waals surface area contributed by atoms with Crippen molar-refractivity contribution in [2.75, 3.05) is 11.9 Å². The Morgan fingerprint density at radius 2 is 1.96 bits per heavy atom. The highest BCUT2D eigenvalue weighted by Crippen LogP contribution is 2.27. The molecule has 0 aromatic heterocycles. The summed E-state index contributed by atoms with van der Waals surface area (Å²) in [7, 11) is 0. The zero-order valence-electron chi connectivity index (χ0n) is 15.6. The minimum Gasteiger partial charge on any atom is -0.492 e. The van der Waals surface area contributed by atoms with Gasteiger partial charge in [-0.15, -0.1) is 0 Å². The van der Waals surface area contributed by atoms with Crippen molar-refractivity contribution in [1.29, 1.82) is 0 Å². The summed E-state index contributed by atoms with van der Waals surface area (Å²) >= 11 is 17.1. The molecule has 0 bridgehead atoms. The zero-order valence-corrected chi connectivity index (χ0v) is 18.0.